The molecule has 2 aromatic rings. The zero-order valence-corrected chi connectivity index (χ0v) is 14.5. The van der Waals surface area contributed by atoms with E-state index in [1.807, 2.05) is 12.2 Å². The lowest BCUT2D eigenvalue weighted by Gasteiger charge is -2.39. The van der Waals surface area contributed by atoms with Crippen molar-refractivity contribution in [2.24, 2.45) is 5.92 Å². The monoisotopic (exact) mass is 383 g/mol. The number of anilines is 1. The molecule has 0 bridgehead atoms. The third kappa shape index (κ3) is 2.72. The van der Waals surface area contributed by atoms with E-state index in [4.69, 9.17) is 23.2 Å². The van der Waals surface area contributed by atoms with Crippen LogP contribution >= 0.6 is 23.2 Å². The van der Waals surface area contributed by atoms with Crippen molar-refractivity contribution >= 4 is 28.9 Å². The summed E-state index contributed by atoms with van der Waals surface area (Å²) < 4.78 is 40.5. The maximum atomic E-state index is 13.5. The summed E-state index contributed by atoms with van der Waals surface area (Å²) in [5.74, 6) is -0.0827. The molecule has 1 nitrogen and oxygen atoms in total. The maximum Gasteiger partial charge on any atom is 0.416 e. The van der Waals surface area contributed by atoms with Gasteiger partial charge in [0.15, 0.2) is 0 Å². The predicted molar refractivity (Wildman–Crippen MR) is 94.3 cm³/mol. The summed E-state index contributed by atoms with van der Waals surface area (Å²) in [6.07, 6.45) is 0.317. The third-order valence-corrected chi connectivity index (χ3v) is 5.66. The third-order valence-electron chi connectivity index (χ3n) is 5.02. The van der Waals surface area contributed by atoms with Gasteiger partial charge in [-0.2, -0.15) is 13.2 Å². The topological polar surface area (TPSA) is 12.0 Å². The highest BCUT2D eigenvalue weighted by atomic mass is 35.5. The zero-order chi connectivity index (χ0) is 17.8. The van der Waals surface area contributed by atoms with Crippen molar-refractivity contribution in [3.63, 3.8) is 0 Å². The van der Waals surface area contributed by atoms with Crippen molar-refractivity contribution < 1.29 is 13.2 Å². The fourth-order valence-electron chi connectivity index (χ4n) is 3.96. The summed E-state index contributed by atoms with van der Waals surface area (Å²) >= 11 is 12.7. The van der Waals surface area contributed by atoms with Gasteiger partial charge in [0.05, 0.1) is 22.3 Å². The normalized spacial score (nSPS) is 24.6. The lowest BCUT2D eigenvalue weighted by Crippen LogP contribution is -2.31. The minimum atomic E-state index is -4.40. The molecule has 0 radical (unpaired) electrons. The highest BCUT2D eigenvalue weighted by molar-refractivity contribution is 6.36. The second-order valence-electron chi connectivity index (χ2n) is 6.38. The Morgan fingerprint density at radius 2 is 1.72 bits per heavy atom. The van der Waals surface area contributed by atoms with Gasteiger partial charge in [0.2, 0.25) is 0 Å². The van der Waals surface area contributed by atoms with Crippen LogP contribution in [0.25, 0.3) is 0 Å². The first kappa shape index (κ1) is 16.8. The van der Waals surface area contributed by atoms with Crippen LogP contribution in [-0.4, -0.2) is 0 Å². The Bertz CT molecular complexity index is 860. The molecule has 0 unspecified atom stereocenters. The summed E-state index contributed by atoms with van der Waals surface area (Å²) in [5, 5.41) is 4.29. The molecule has 1 aliphatic carbocycles. The Morgan fingerprint density at radius 3 is 2.48 bits per heavy atom. The van der Waals surface area contributed by atoms with Crippen LogP contribution in [0.15, 0.2) is 48.6 Å². The number of fused-ring (bicyclic) bond motifs is 3. The Balaban J connectivity index is 1.88. The van der Waals surface area contributed by atoms with Gasteiger partial charge >= 0.3 is 6.18 Å². The molecule has 0 saturated carbocycles. The van der Waals surface area contributed by atoms with E-state index in [0.29, 0.717) is 22.2 Å². The Labute approximate surface area is 153 Å². The fraction of sp³-hybridized carbons (Fsp3) is 0.263. The number of nitrogens with one attached hydrogen (secondary N) is 1. The van der Waals surface area contributed by atoms with Crippen LogP contribution in [0.1, 0.15) is 35.1 Å². The summed E-state index contributed by atoms with van der Waals surface area (Å²) in [6.45, 7) is 0. The Kier molecular flexibility index (Phi) is 4.00. The minimum Gasteiger partial charge on any atom is -0.376 e. The van der Waals surface area contributed by atoms with Gasteiger partial charge in [-0.25, -0.2) is 0 Å². The largest absolute Gasteiger partial charge is 0.416 e. The molecule has 6 heteroatoms. The number of alkyl halides is 3. The van der Waals surface area contributed by atoms with Crippen molar-refractivity contribution in [1.29, 1.82) is 0 Å². The SMILES string of the molecule is FC(F)(F)c1ccccc1[C@@H]1Nc2c(Cl)ccc(Cl)c2[C@@H]2C=CC[C@@H]21. The van der Waals surface area contributed by atoms with Gasteiger partial charge in [0, 0.05) is 16.5 Å². The van der Waals surface area contributed by atoms with Crippen molar-refractivity contribution in [3.8, 4) is 0 Å². The van der Waals surface area contributed by atoms with Crippen LogP contribution in [0.2, 0.25) is 10.0 Å². The Morgan fingerprint density at radius 1 is 1.00 bits per heavy atom. The van der Waals surface area contributed by atoms with E-state index in [0.717, 1.165) is 11.6 Å². The van der Waals surface area contributed by atoms with Gasteiger partial charge in [0.25, 0.3) is 0 Å². The van der Waals surface area contributed by atoms with Crippen molar-refractivity contribution in [2.45, 2.75) is 24.6 Å². The van der Waals surface area contributed by atoms with Gasteiger partial charge in [0.1, 0.15) is 0 Å². The fourth-order valence-corrected chi connectivity index (χ4v) is 4.47. The van der Waals surface area contributed by atoms with E-state index in [-0.39, 0.29) is 17.4 Å². The molecule has 1 N–H and O–H groups in total. The van der Waals surface area contributed by atoms with Crippen molar-refractivity contribution in [1.82, 2.24) is 0 Å². The van der Waals surface area contributed by atoms with E-state index in [9.17, 15) is 13.2 Å². The van der Waals surface area contributed by atoms with Crippen LogP contribution in [-0.2, 0) is 6.18 Å². The molecule has 0 saturated heterocycles. The average Bonchev–Trinajstić information content (AvgIpc) is 3.06. The van der Waals surface area contributed by atoms with Gasteiger partial charge in [-0.05, 0) is 36.1 Å². The van der Waals surface area contributed by atoms with Crippen LogP contribution in [0, 0.1) is 5.92 Å². The smallest absolute Gasteiger partial charge is 0.376 e. The molecule has 1 aliphatic heterocycles. The number of hydrogen-bond acceptors (Lipinski definition) is 1. The molecule has 0 aromatic heterocycles. The van der Waals surface area contributed by atoms with Crippen LogP contribution in [0.5, 0.6) is 0 Å². The maximum absolute atomic E-state index is 13.5. The molecule has 0 amide bonds. The first-order chi connectivity index (χ1) is 11.9. The number of allylic oxidation sites excluding steroid dienone is 2. The molecule has 3 atom stereocenters. The number of rotatable bonds is 1. The Hall–Kier alpha value is -1.65. The minimum absolute atomic E-state index is 0.0352. The van der Waals surface area contributed by atoms with Crippen LogP contribution in [0.4, 0.5) is 18.9 Å². The van der Waals surface area contributed by atoms with Crippen LogP contribution < -0.4 is 5.32 Å². The molecular weight excluding hydrogens is 370 g/mol. The standard InChI is InChI=1S/C19H14Cl2F3N/c20-14-8-9-15(21)18-16(14)10-5-3-6-11(10)17(25-18)12-4-1-2-7-13(12)19(22,23)24/h1-5,7-11,17,25H,6H2/t10-,11+,17-/m1/s1. The molecule has 2 aromatic carbocycles. The first-order valence-electron chi connectivity index (χ1n) is 7.95. The molecular formula is C19H14Cl2F3N. The summed E-state index contributed by atoms with van der Waals surface area (Å²) in [7, 11) is 0. The number of benzene rings is 2. The average molecular weight is 384 g/mol. The molecule has 0 spiro atoms. The molecule has 4 rings (SSSR count). The summed E-state index contributed by atoms with van der Waals surface area (Å²) in [6, 6.07) is 8.64. The van der Waals surface area contributed by atoms with Crippen molar-refractivity contribution in [2.75, 3.05) is 5.32 Å². The highest BCUT2D eigenvalue weighted by Crippen LogP contribution is 2.54. The van der Waals surface area contributed by atoms with Gasteiger partial charge in [-0.1, -0.05) is 53.6 Å². The van der Waals surface area contributed by atoms with E-state index < -0.39 is 17.8 Å². The van der Waals surface area contributed by atoms with Crippen LogP contribution in [0.3, 0.4) is 0 Å². The lowest BCUT2D eigenvalue weighted by atomic mass is 9.76. The summed E-state index contributed by atoms with van der Waals surface area (Å²) in [5.41, 5.74) is 1.13. The highest BCUT2D eigenvalue weighted by Gasteiger charge is 2.43. The van der Waals surface area contributed by atoms with E-state index in [2.05, 4.69) is 5.32 Å². The molecule has 1 heterocycles. The molecule has 25 heavy (non-hydrogen) atoms. The van der Waals surface area contributed by atoms with E-state index in [1.165, 1.54) is 6.07 Å². The predicted octanol–water partition coefficient (Wildman–Crippen LogP) is 6.84. The zero-order valence-electron chi connectivity index (χ0n) is 12.9. The quantitative estimate of drug-likeness (QED) is 0.531. The first-order valence-corrected chi connectivity index (χ1v) is 8.70. The second kappa shape index (κ2) is 5.96. The van der Waals surface area contributed by atoms with Crippen molar-refractivity contribution in [3.05, 3.63) is 75.3 Å². The van der Waals surface area contributed by atoms with Gasteiger partial charge in [-0.3, -0.25) is 0 Å². The van der Waals surface area contributed by atoms with E-state index in [1.54, 1.807) is 24.3 Å². The lowest BCUT2D eigenvalue weighted by molar-refractivity contribution is -0.138. The van der Waals surface area contributed by atoms with E-state index >= 15 is 0 Å². The summed E-state index contributed by atoms with van der Waals surface area (Å²) in [4.78, 5) is 0. The molecule has 2 aliphatic rings. The number of halogens is 5. The number of hydrogen-bond donors (Lipinski definition) is 1. The molecule has 0 fully saturated rings. The molecule has 130 valence electrons. The second-order valence-corrected chi connectivity index (χ2v) is 7.19. The van der Waals surface area contributed by atoms with Gasteiger partial charge in [-0.15, -0.1) is 0 Å². The van der Waals surface area contributed by atoms with Gasteiger partial charge < -0.3 is 5.32 Å².